The first-order valence-electron chi connectivity index (χ1n) is 10.2. The Morgan fingerprint density at radius 3 is 2.08 bits per heavy atom. The normalized spacial score (nSPS) is 17.4. The monoisotopic (exact) mass is 335 g/mol. The highest BCUT2D eigenvalue weighted by atomic mass is 16.6. The summed E-state index contributed by atoms with van der Waals surface area (Å²) < 4.78 is 7.41. The fourth-order valence-corrected chi connectivity index (χ4v) is 3.27. The van der Waals surface area contributed by atoms with Gasteiger partial charge in [-0.1, -0.05) is 76.3 Å². The van der Waals surface area contributed by atoms with Crippen LogP contribution in [0.15, 0.2) is 6.20 Å². The molecular formula is C20H37N3O. The maximum Gasteiger partial charge on any atom is 0.106 e. The molecule has 0 aliphatic carbocycles. The van der Waals surface area contributed by atoms with Gasteiger partial charge in [-0.25, -0.2) is 4.68 Å². The number of hydrogen-bond donors (Lipinski definition) is 0. The Morgan fingerprint density at radius 1 is 1.00 bits per heavy atom. The number of aryl methyl sites for hydroxylation is 1. The summed E-state index contributed by atoms with van der Waals surface area (Å²) in [7, 11) is 0. The molecule has 0 radical (unpaired) electrons. The molecule has 1 unspecified atom stereocenters. The summed E-state index contributed by atoms with van der Waals surface area (Å²) in [6.07, 6.45) is 18.7. The summed E-state index contributed by atoms with van der Waals surface area (Å²) in [5.41, 5.74) is 1.06. The van der Waals surface area contributed by atoms with Crippen LogP contribution in [0.5, 0.6) is 0 Å². The molecule has 138 valence electrons. The van der Waals surface area contributed by atoms with Crippen molar-refractivity contribution in [2.75, 3.05) is 6.61 Å². The molecule has 1 fully saturated rings. The summed E-state index contributed by atoms with van der Waals surface area (Å²) in [6, 6.07) is 0. The van der Waals surface area contributed by atoms with Gasteiger partial charge < -0.3 is 4.74 Å². The summed E-state index contributed by atoms with van der Waals surface area (Å²) in [4.78, 5) is 0. The Hall–Kier alpha value is -0.900. The van der Waals surface area contributed by atoms with E-state index in [1.807, 2.05) is 4.68 Å². The van der Waals surface area contributed by atoms with Gasteiger partial charge in [-0.05, 0) is 26.7 Å². The average Bonchev–Trinajstić information content (AvgIpc) is 3.32. The van der Waals surface area contributed by atoms with Gasteiger partial charge in [0.2, 0.25) is 0 Å². The molecule has 4 nitrogen and oxygen atoms in total. The van der Waals surface area contributed by atoms with Crippen LogP contribution >= 0.6 is 0 Å². The van der Waals surface area contributed by atoms with Gasteiger partial charge >= 0.3 is 0 Å². The van der Waals surface area contributed by atoms with Gasteiger partial charge in [0, 0.05) is 6.20 Å². The lowest BCUT2D eigenvalue weighted by molar-refractivity contribution is 0.221. The molecule has 0 bridgehead atoms. The molecule has 24 heavy (non-hydrogen) atoms. The van der Waals surface area contributed by atoms with E-state index >= 15 is 0 Å². The molecule has 1 aliphatic rings. The largest absolute Gasteiger partial charge is 0.371 e. The van der Waals surface area contributed by atoms with Crippen LogP contribution in [0, 0.1) is 0 Å². The van der Waals surface area contributed by atoms with E-state index in [2.05, 4.69) is 37.3 Å². The minimum atomic E-state index is -0.0671. The molecule has 1 aromatic rings. The van der Waals surface area contributed by atoms with E-state index in [4.69, 9.17) is 4.74 Å². The van der Waals surface area contributed by atoms with E-state index < -0.39 is 0 Å². The lowest BCUT2D eigenvalue weighted by Gasteiger charge is -2.21. The standard InChI is InChI=1S/C20H37N3O/c1-4-5-6-7-8-9-10-11-12-13-14-15-18-16-23(22-21-18)20(2,3)19-17-24-19/h16,19H,4-15,17H2,1-3H3. The van der Waals surface area contributed by atoms with E-state index in [9.17, 15) is 0 Å². The van der Waals surface area contributed by atoms with Crippen molar-refractivity contribution in [2.24, 2.45) is 0 Å². The molecule has 0 aromatic carbocycles. The van der Waals surface area contributed by atoms with Crippen molar-refractivity contribution in [1.29, 1.82) is 0 Å². The maximum absolute atomic E-state index is 5.42. The zero-order valence-corrected chi connectivity index (χ0v) is 16.1. The number of rotatable bonds is 14. The first-order valence-corrected chi connectivity index (χ1v) is 10.2. The van der Waals surface area contributed by atoms with E-state index in [1.165, 1.54) is 70.6 Å². The quantitative estimate of drug-likeness (QED) is 0.344. The molecular weight excluding hydrogens is 298 g/mol. The number of hydrogen-bond acceptors (Lipinski definition) is 3. The SMILES string of the molecule is CCCCCCCCCCCCCc1cn(C(C)(C)C2CO2)nn1. The lowest BCUT2D eigenvalue weighted by Crippen LogP contribution is -2.33. The first-order chi connectivity index (χ1) is 11.6. The zero-order chi connectivity index (χ0) is 17.3. The van der Waals surface area contributed by atoms with Crippen molar-refractivity contribution in [2.45, 2.75) is 109 Å². The molecule has 1 aromatic heterocycles. The van der Waals surface area contributed by atoms with Gasteiger partial charge in [-0.15, -0.1) is 5.10 Å². The first kappa shape index (κ1) is 19.4. The third-order valence-corrected chi connectivity index (χ3v) is 5.29. The number of unbranched alkanes of at least 4 members (excludes halogenated alkanes) is 10. The lowest BCUT2D eigenvalue weighted by atomic mass is 10.0. The molecule has 0 amide bonds. The van der Waals surface area contributed by atoms with Crippen molar-refractivity contribution in [3.8, 4) is 0 Å². The van der Waals surface area contributed by atoms with Crippen LogP contribution in [0.2, 0.25) is 0 Å². The number of epoxide rings is 1. The minimum absolute atomic E-state index is 0.0671. The van der Waals surface area contributed by atoms with Gasteiger partial charge in [-0.2, -0.15) is 0 Å². The molecule has 0 saturated carbocycles. The predicted octanol–water partition coefficient (Wildman–Crippen LogP) is 5.27. The predicted molar refractivity (Wildman–Crippen MR) is 99.2 cm³/mol. The molecule has 1 saturated heterocycles. The summed E-state index contributed by atoms with van der Waals surface area (Å²) in [6.45, 7) is 7.47. The third kappa shape index (κ3) is 6.54. The van der Waals surface area contributed by atoms with Crippen molar-refractivity contribution in [3.63, 3.8) is 0 Å². The van der Waals surface area contributed by atoms with Gasteiger partial charge in [-0.3, -0.25) is 0 Å². The van der Waals surface area contributed by atoms with E-state index in [0.717, 1.165) is 18.7 Å². The Kier molecular flexibility index (Phi) is 8.23. The smallest absolute Gasteiger partial charge is 0.106 e. The van der Waals surface area contributed by atoms with Crippen LogP contribution in [0.1, 0.15) is 97.1 Å². The zero-order valence-electron chi connectivity index (χ0n) is 16.1. The minimum Gasteiger partial charge on any atom is -0.371 e. The molecule has 0 spiro atoms. The van der Waals surface area contributed by atoms with Gasteiger partial charge in [0.05, 0.1) is 17.8 Å². The molecule has 4 heteroatoms. The fourth-order valence-electron chi connectivity index (χ4n) is 3.27. The summed E-state index contributed by atoms with van der Waals surface area (Å²) in [5, 5.41) is 8.64. The molecule has 1 atom stereocenters. The van der Waals surface area contributed by atoms with E-state index in [-0.39, 0.29) is 5.54 Å². The van der Waals surface area contributed by atoms with Gasteiger partial charge in [0.25, 0.3) is 0 Å². The van der Waals surface area contributed by atoms with Crippen LogP contribution in [-0.4, -0.2) is 27.7 Å². The highest BCUT2D eigenvalue weighted by Gasteiger charge is 2.41. The van der Waals surface area contributed by atoms with E-state index in [0.29, 0.717) is 6.10 Å². The molecule has 1 aliphatic heterocycles. The summed E-state index contributed by atoms with van der Waals surface area (Å²) >= 11 is 0. The van der Waals surface area contributed by atoms with E-state index in [1.54, 1.807) is 0 Å². The third-order valence-electron chi connectivity index (χ3n) is 5.29. The molecule has 2 heterocycles. The number of nitrogens with zero attached hydrogens (tertiary/aromatic N) is 3. The second kappa shape index (κ2) is 10.2. The topological polar surface area (TPSA) is 43.2 Å². The Balaban J connectivity index is 1.47. The van der Waals surface area contributed by atoms with Crippen molar-refractivity contribution >= 4 is 0 Å². The highest BCUT2D eigenvalue weighted by Crippen LogP contribution is 2.30. The summed E-state index contributed by atoms with van der Waals surface area (Å²) in [5.74, 6) is 0. The van der Waals surface area contributed by atoms with Gasteiger partial charge in [0.15, 0.2) is 0 Å². The van der Waals surface area contributed by atoms with Crippen LogP contribution in [-0.2, 0) is 16.7 Å². The number of ether oxygens (including phenoxy) is 1. The van der Waals surface area contributed by atoms with Crippen LogP contribution in [0.4, 0.5) is 0 Å². The maximum atomic E-state index is 5.42. The molecule has 0 N–H and O–H groups in total. The second-order valence-electron chi connectivity index (χ2n) is 7.92. The van der Waals surface area contributed by atoms with Crippen LogP contribution < -0.4 is 0 Å². The van der Waals surface area contributed by atoms with Gasteiger partial charge in [0.1, 0.15) is 6.10 Å². The van der Waals surface area contributed by atoms with Crippen molar-refractivity contribution in [3.05, 3.63) is 11.9 Å². The van der Waals surface area contributed by atoms with Crippen LogP contribution in [0.25, 0.3) is 0 Å². The second-order valence-corrected chi connectivity index (χ2v) is 7.92. The Labute approximate surface area is 148 Å². The van der Waals surface area contributed by atoms with Crippen molar-refractivity contribution < 1.29 is 4.74 Å². The van der Waals surface area contributed by atoms with Crippen molar-refractivity contribution in [1.82, 2.24) is 15.0 Å². The average molecular weight is 336 g/mol. The Morgan fingerprint density at radius 2 is 1.54 bits per heavy atom. The highest BCUT2D eigenvalue weighted by molar-refractivity contribution is 4.99. The molecule has 2 rings (SSSR count). The number of aromatic nitrogens is 3. The Bertz CT molecular complexity index is 451. The van der Waals surface area contributed by atoms with Crippen LogP contribution in [0.3, 0.4) is 0 Å². The fraction of sp³-hybridized carbons (Fsp3) is 0.900.